The number of aromatic hydroxyl groups is 8. The molecule has 8 N–H and O–H groups in total. The average molecular weight is 1720 g/mol. The summed E-state index contributed by atoms with van der Waals surface area (Å²) < 4.78 is 45.5. The molecule has 648 valence electrons. The SMILES string of the molecule is O=C(COC(=O)c1ccc(C2c3cc(c(O)cc3O)C(c3ccc(C(=O)OCC(=O)OC4CCCc5ccccc54)cc3)c3cc(c(O)cc3O)C(c3ccc(C(=O)OCC(=O)OC4CCCc5ccccc54)cc3)c3cc(c(O)cc3O)C(c3ccc(C(=O)OCC(=O)OC4CCCc5ccccc54)cc3)c3cc2c(O)cc3O)cc1)OC1CCCc2ccccc21. The molecule has 12 aromatic rings. The van der Waals surface area contributed by atoms with Gasteiger partial charge in [-0.25, -0.2) is 38.4 Å². The lowest BCUT2D eigenvalue weighted by atomic mass is 9.75. The normalized spacial score (nSPS) is 18.2. The van der Waals surface area contributed by atoms with Crippen molar-refractivity contribution in [2.75, 3.05) is 26.4 Å². The van der Waals surface area contributed by atoms with Crippen LogP contribution >= 0.6 is 0 Å². The Hall–Kier alpha value is -15.2. The first-order chi connectivity index (χ1) is 62.0. The summed E-state index contributed by atoms with van der Waals surface area (Å²) in [5, 5.41) is 102. The topological polar surface area (TPSA) is 372 Å². The van der Waals surface area contributed by atoms with Crippen molar-refractivity contribution in [1.29, 1.82) is 0 Å². The van der Waals surface area contributed by atoms with Gasteiger partial charge < -0.3 is 78.7 Å². The van der Waals surface area contributed by atoms with Crippen LogP contribution in [-0.2, 0) is 82.8 Å². The number of ether oxygens (including phenoxy) is 8. The van der Waals surface area contributed by atoms with Gasteiger partial charge in [0.05, 0.1) is 22.3 Å². The van der Waals surface area contributed by atoms with Crippen LogP contribution in [-0.4, -0.2) is 115 Å². The molecule has 8 bridgehead atoms. The van der Waals surface area contributed by atoms with E-state index in [1.165, 1.54) is 121 Å². The van der Waals surface area contributed by atoms with Crippen molar-refractivity contribution in [3.05, 3.63) is 376 Å². The number of fused-ring (bicyclic) bond motifs is 12. The lowest BCUT2D eigenvalue weighted by Gasteiger charge is -2.30. The molecule has 0 spiro atoms. The Labute approximate surface area is 734 Å². The smallest absolute Gasteiger partial charge is 0.344 e. The molecule has 5 aliphatic rings. The second kappa shape index (κ2) is 36.9. The summed E-state index contributed by atoms with van der Waals surface area (Å²) in [6, 6.07) is 62.8. The van der Waals surface area contributed by atoms with Crippen LogP contribution in [0.25, 0.3) is 0 Å². The highest BCUT2D eigenvalue weighted by molar-refractivity contribution is 5.93. The number of carbonyl (C=O) groups is 8. The zero-order valence-electron chi connectivity index (χ0n) is 69.1. The van der Waals surface area contributed by atoms with Crippen LogP contribution in [0.4, 0.5) is 0 Å². The predicted molar refractivity (Wildman–Crippen MR) is 463 cm³/mol. The van der Waals surface area contributed by atoms with Crippen molar-refractivity contribution in [1.82, 2.24) is 0 Å². The van der Waals surface area contributed by atoms with Gasteiger partial charge in [0, 0.05) is 92.4 Å². The predicted octanol–water partition coefficient (Wildman–Crippen LogP) is 17.5. The number of hydrogen-bond acceptors (Lipinski definition) is 24. The Kier molecular flexibility index (Phi) is 24.5. The number of aryl methyl sites for hydroxylation is 4. The summed E-state index contributed by atoms with van der Waals surface area (Å²) in [7, 11) is 0. The van der Waals surface area contributed by atoms with Crippen molar-refractivity contribution in [3.63, 3.8) is 0 Å². The van der Waals surface area contributed by atoms with Crippen LogP contribution in [0.2, 0.25) is 0 Å². The monoisotopic (exact) mass is 1720 g/mol. The highest BCUT2D eigenvalue weighted by Crippen LogP contribution is 2.55. The summed E-state index contributed by atoms with van der Waals surface area (Å²) in [6.07, 6.45) is 6.32. The first-order valence-corrected chi connectivity index (χ1v) is 42.4. The maximum absolute atomic E-state index is 14.1. The van der Waals surface area contributed by atoms with Crippen molar-refractivity contribution < 1.29 is 117 Å². The number of hydrogen-bond donors (Lipinski definition) is 8. The van der Waals surface area contributed by atoms with E-state index in [0.717, 1.165) is 120 Å². The van der Waals surface area contributed by atoms with Crippen LogP contribution in [0.15, 0.2) is 243 Å². The Balaban J connectivity index is 0.780. The van der Waals surface area contributed by atoms with E-state index in [4.69, 9.17) is 37.9 Å². The number of rotatable bonds is 20. The molecule has 24 heteroatoms. The van der Waals surface area contributed by atoms with E-state index in [9.17, 15) is 79.2 Å². The molecule has 0 aliphatic heterocycles. The van der Waals surface area contributed by atoms with Gasteiger partial charge in [0.25, 0.3) is 0 Å². The number of phenols is 8. The lowest BCUT2D eigenvalue weighted by molar-refractivity contribution is -0.154. The molecule has 17 rings (SSSR count). The highest BCUT2D eigenvalue weighted by Gasteiger charge is 2.38. The van der Waals surface area contributed by atoms with E-state index in [2.05, 4.69) is 0 Å². The third-order valence-electron chi connectivity index (χ3n) is 24.7. The fourth-order valence-corrected chi connectivity index (χ4v) is 18.6. The van der Waals surface area contributed by atoms with Gasteiger partial charge in [-0.05, 0) is 217 Å². The van der Waals surface area contributed by atoms with Gasteiger partial charge in [-0.2, -0.15) is 0 Å². The maximum atomic E-state index is 14.1. The molecule has 12 aromatic carbocycles. The molecule has 0 heterocycles. The molecule has 0 aromatic heterocycles. The zero-order valence-corrected chi connectivity index (χ0v) is 69.1. The summed E-state index contributed by atoms with van der Waals surface area (Å²) >= 11 is 0. The van der Waals surface area contributed by atoms with Crippen LogP contribution in [0.1, 0.15) is 252 Å². The quantitative estimate of drug-likeness (QED) is 0.0259. The summed E-state index contributed by atoms with van der Waals surface area (Å²) in [4.78, 5) is 110. The van der Waals surface area contributed by atoms with E-state index in [1.807, 2.05) is 97.1 Å². The number of carbonyl (C=O) groups excluding carboxylic acids is 8. The van der Waals surface area contributed by atoms with Crippen LogP contribution in [0.3, 0.4) is 0 Å². The van der Waals surface area contributed by atoms with Gasteiger partial charge in [0.2, 0.25) is 0 Å². The minimum Gasteiger partial charge on any atom is -0.507 e. The van der Waals surface area contributed by atoms with Crippen LogP contribution in [0, 0.1) is 0 Å². The fraction of sp³-hybridized carbons (Fsp3) is 0.231. The van der Waals surface area contributed by atoms with E-state index >= 15 is 0 Å². The number of benzene rings is 12. The number of esters is 8. The van der Waals surface area contributed by atoms with Crippen molar-refractivity contribution in [2.24, 2.45) is 0 Å². The van der Waals surface area contributed by atoms with E-state index in [1.54, 1.807) is 0 Å². The van der Waals surface area contributed by atoms with Crippen molar-refractivity contribution in [2.45, 2.75) is 125 Å². The molecule has 24 nitrogen and oxygen atoms in total. The third-order valence-corrected chi connectivity index (χ3v) is 24.7. The summed E-state index contributed by atoms with van der Waals surface area (Å²) in [5.41, 5.74) is 7.35. The molecule has 0 fully saturated rings. The molecule has 4 atom stereocenters. The second-order valence-electron chi connectivity index (χ2n) is 32.7. The molecule has 0 saturated heterocycles. The standard InChI is InChI=1S/C104H88O24/c105-81-49-83(107)75-45-73(81)97(61-29-37-65(38-30-61)101(117)121-53-93(113)125-89-25-9-17-57-13-1-5-21-69(57)89)74-46-76(84(108)50-82(74)106)99(63-33-41-67(42-34-63)103(119)123-55-95(115)127-91-27-11-19-59-15-3-7-23-71(59)91)78-48-80(88(112)52-86(78)110)100(64-35-43-68(44-36-64)104(120)124-56-96(116)128-92-28-12-20-60-16-4-8-24-72(60)92)79-47-77(85(109)51-87(79)111)98(75)62-31-39-66(40-32-62)102(118)122-54-94(114)126-90-26-10-18-58-14-2-6-22-70(58)90/h1-8,13-16,21-24,29-52,89-92,97-100,105-112H,9-12,17-20,25-28,53-56H2. The zero-order chi connectivity index (χ0) is 89.0. The largest absolute Gasteiger partial charge is 0.507 e. The Morgan fingerprint density at radius 1 is 0.227 bits per heavy atom. The molecule has 4 unspecified atom stereocenters. The van der Waals surface area contributed by atoms with Crippen molar-refractivity contribution in [3.8, 4) is 46.0 Å². The van der Waals surface area contributed by atoms with Gasteiger partial charge in [-0.15, -0.1) is 0 Å². The van der Waals surface area contributed by atoms with E-state index in [-0.39, 0.29) is 89.0 Å². The molecular formula is C104H88O24. The Morgan fingerprint density at radius 3 is 0.594 bits per heavy atom. The second-order valence-corrected chi connectivity index (χ2v) is 32.7. The molecule has 0 amide bonds. The molecule has 0 saturated carbocycles. The summed E-state index contributed by atoms with van der Waals surface area (Å²) in [5.74, 6) is -17.6. The first-order valence-electron chi connectivity index (χ1n) is 42.4. The van der Waals surface area contributed by atoms with Crippen molar-refractivity contribution >= 4 is 47.8 Å². The number of phenolic OH excluding ortho intramolecular Hbond substituents is 8. The summed E-state index contributed by atoms with van der Waals surface area (Å²) in [6.45, 7) is -3.00. The van der Waals surface area contributed by atoms with Gasteiger partial charge in [0.15, 0.2) is 26.4 Å². The van der Waals surface area contributed by atoms with Gasteiger partial charge in [-0.3, -0.25) is 0 Å². The Bertz CT molecular complexity index is 5450. The maximum Gasteiger partial charge on any atom is 0.344 e. The Morgan fingerprint density at radius 2 is 0.406 bits per heavy atom. The lowest BCUT2D eigenvalue weighted by Crippen LogP contribution is -2.21. The van der Waals surface area contributed by atoms with Gasteiger partial charge in [0.1, 0.15) is 70.4 Å². The molecule has 0 radical (unpaired) electrons. The molecular weight excluding hydrogens is 1630 g/mol. The van der Waals surface area contributed by atoms with Gasteiger partial charge >= 0.3 is 47.8 Å². The fourth-order valence-electron chi connectivity index (χ4n) is 18.6. The minimum absolute atomic E-state index is 0.0652. The van der Waals surface area contributed by atoms with Gasteiger partial charge in [-0.1, -0.05) is 146 Å². The van der Waals surface area contributed by atoms with E-state index < -0.39 is 168 Å². The minimum atomic E-state index is -1.46. The highest BCUT2D eigenvalue weighted by atomic mass is 16.6. The molecule has 128 heavy (non-hydrogen) atoms. The average Bonchev–Trinajstić information content (AvgIpc) is 0.736. The first kappa shape index (κ1) is 85.0. The van der Waals surface area contributed by atoms with Crippen LogP contribution < -0.4 is 0 Å². The molecule has 5 aliphatic carbocycles. The third kappa shape index (κ3) is 17.9. The van der Waals surface area contributed by atoms with E-state index in [0.29, 0.717) is 25.7 Å². The van der Waals surface area contributed by atoms with Crippen LogP contribution in [0.5, 0.6) is 46.0 Å².